The highest BCUT2D eigenvalue weighted by molar-refractivity contribution is 7.15. The molecule has 2 aromatic carbocycles. The summed E-state index contributed by atoms with van der Waals surface area (Å²) in [5.74, 6) is -1.27. The van der Waals surface area contributed by atoms with Gasteiger partial charge in [0.2, 0.25) is 10.9 Å². The molecule has 0 aliphatic carbocycles. The van der Waals surface area contributed by atoms with Gasteiger partial charge in [0.05, 0.1) is 17.0 Å². The van der Waals surface area contributed by atoms with Gasteiger partial charge >= 0.3 is 0 Å². The number of aromatic nitrogens is 2. The second-order valence-corrected chi connectivity index (χ2v) is 7.86. The largest absolute Gasteiger partial charge is 0.508 e. The quantitative estimate of drug-likeness (QED) is 0.538. The van der Waals surface area contributed by atoms with Gasteiger partial charge < -0.3 is 9.52 Å². The monoisotopic (exact) mass is 423 g/mol. The fraction of sp³-hybridized carbons (Fsp3) is 0.143. The van der Waals surface area contributed by atoms with Crippen LogP contribution in [0.2, 0.25) is 0 Å². The second kappa shape index (κ2) is 6.74. The van der Waals surface area contributed by atoms with Crippen LogP contribution in [0.5, 0.6) is 5.75 Å². The Labute approximate surface area is 173 Å². The van der Waals surface area contributed by atoms with Crippen molar-refractivity contribution in [1.82, 2.24) is 10.2 Å². The molecule has 1 aliphatic heterocycles. The first-order valence-corrected chi connectivity index (χ1v) is 10.0. The first-order valence-electron chi connectivity index (χ1n) is 9.19. The van der Waals surface area contributed by atoms with Gasteiger partial charge in [-0.05, 0) is 42.3 Å². The number of hydrogen-bond acceptors (Lipinski definition) is 7. The number of carbonyl (C=O) groups is 1. The Morgan fingerprint density at radius 1 is 1.20 bits per heavy atom. The molecule has 0 fully saturated rings. The zero-order chi connectivity index (χ0) is 21.0. The number of aryl methyl sites for hydroxylation is 1. The van der Waals surface area contributed by atoms with Crippen LogP contribution in [0, 0.1) is 5.82 Å². The maximum absolute atomic E-state index is 13.8. The van der Waals surface area contributed by atoms with Gasteiger partial charge in [0.25, 0.3) is 5.91 Å². The predicted octanol–water partition coefficient (Wildman–Crippen LogP) is 3.80. The molecule has 1 amide bonds. The summed E-state index contributed by atoms with van der Waals surface area (Å²) in [6, 6.07) is 8.96. The summed E-state index contributed by atoms with van der Waals surface area (Å²) in [7, 11) is 0. The summed E-state index contributed by atoms with van der Waals surface area (Å²) in [6.07, 6.45) is 0.643. The molecule has 150 valence electrons. The first kappa shape index (κ1) is 18.4. The van der Waals surface area contributed by atoms with Crippen molar-refractivity contribution in [3.8, 4) is 5.75 Å². The number of benzene rings is 2. The van der Waals surface area contributed by atoms with E-state index in [0.29, 0.717) is 17.1 Å². The fourth-order valence-electron chi connectivity index (χ4n) is 3.64. The van der Waals surface area contributed by atoms with E-state index < -0.39 is 23.2 Å². The molecule has 0 spiro atoms. The number of carbonyl (C=O) groups excluding carboxylic acids is 1. The van der Waals surface area contributed by atoms with Crippen LogP contribution >= 0.6 is 11.3 Å². The molecule has 2 aromatic heterocycles. The number of rotatable bonds is 3. The lowest BCUT2D eigenvalue weighted by atomic mass is 9.98. The highest BCUT2D eigenvalue weighted by Crippen LogP contribution is 2.42. The Morgan fingerprint density at radius 3 is 2.77 bits per heavy atom. The number of phenolic OH excluding ortho intramolecular Hbond substituents is 1. The third-order valence-electron chi connectivity index (χ3n) is 4.98. The normalized spacial score (nSPS) is 15.7. The van der Waals surface area contributed by atoms with Gasteiger partial charge in [-0.3, -0.25) is 14.5 Å². The lowest BCUT2D eigenvalue weighted by Crippen LogP contribution is -2.29. The lowest BCUT2D eigenvalue weighted by molar-refractivity contribution is 0.0970. The number of hydrogen-bond donors (Lipinski definition) is 1. The summed E-state index contributed by atoms with van der Waals surface area (Å²) >= 11 is 1.24. The number of anilines is 1. The molecule has 0 saturated carbocycles. The van der Waals surface area contributed by atoms with Gasteiger partial charge in [-0.25, -0.2) is 4.39 Å². The number of aromatic hydroxyl groups is 1. The van der Waals surface area contributed by atoms with Crippen LogP contribution in [0.1, 0.15) is 39.7 Å². The smallest absolute Gasteiger partial charge is 0.297 e. The minimum absolute atomic E-state index is 0.0175. The standard InChI is InChI=1S/C21H14FN3O4S/c1-2-15-23-24-21(30-15)25-17(10-4-3-5-12(26)8-10)16-18(27)13-9-11(22)6-7-14(13)29-19(16)20(25)28/h3-9,17,26H,2H2,1H3. The van der Waals surface area contributed by atoms with Crippen molar-refractivity contribution >= 4 is 33.3 Å². The summed E-state index contributed by atoms with van der Waals surface area (Å²) < 4.78 is 19.5. The zero-order valence-electron chi connectivity index (χ0n) is 15.6. The summed E-state index contributed by atoms with van der Waals surface area (Å²) in [5, 5.41) is 19.3. The Bertz CT molecular complexity index is 1380. The predicted molar refractivity (Wildman–Crippen MR) is 108 cm³/mol. The van der Waals surface area contributed by atoms with E-state index in [1.54, 1.807) is 12.1 Å². The Morgan fingerprint density at radius 2 is 2.03 bits per heavy atom. The molecule has 0 radical (unpaired) electrons. The molecular weight excluding hydrogens is 409 g/mol. The van der Waals surface area contributed by atoms with Crippen LogP contribution in [0.15, 0.2) is 51.7 Å². The molecule has 9 heteroatoms. The molecule has 5 rings (SSSR count). The topological polar surface area (TPSA) is 96.5 Å². The molecule has 4 aromatic rings. The van der Waals surface area contributed by atoms with Gasteiger partial charge in [-0.2, -0.15) is 0 Å². The molecule has 7 nitrogen and oxygen atoms in total. The van der Waals surface area contributed by atoms with Crippen LogP contribution in [-0.4, -0.2) is 21.2 Å². The molecular formula is C21H14FN3O4S. The van der Waals surface area contributed by atoms with Crippen LogP contribution in [0.25, 0.3) is 11.0 Å². The molecule has 0 saturated heterocycles. The number of phenols is 1. The van der Waals surface area contributed by atoms with Crippen molar-refractivity contribution in [2.45, 2.75) is 19.4 Å². The minimum Gasteiger partial charge on any atom is -0.508 e. The van der Waals surface area contributed by atoms with E-state index in [-0.39, 0.29) is 28.0 Å². The SMILES string of the molecule is CCc1nnc(N2C(=O)c3oc4ccc(F)cc4c(=O)c3C2c2cccc(O)c2)s1. The van der Waals surface area contributed by atoms with Crippen molar-refractivity contribution in [2.75, 3.05) is 4.90 Å². The Kier molecular flexibility index (Phi) is 4.14. The van der Waals surface area contributed by atoms with E-state index in [4.69, 9.17) is 4.42 Å². The molecule has 30 heavy (non-hydrogen) atoms. The van der Waals surface area contributed by atoms with Crippen molar-refractivity contribution in [1.29, 1.82) is 0 Å². The van der Waals surface area contributed by atoms with E-state index in [0.717, 1.165) is 11.1 Å². The second-order valence-electron chi connectivity index (χ2n) is 6.82. The van der Waals surface area contributed by atoms with Crippen LogP contribution < -0.4 is 10.3 Å². The summed E-state index contributed by atoms with van der Waals surface area (Å²) in [5.41, 5.74) is 0.196. The summed E-state index contributed by atoms with van der Waals surface area (Å²) in [4.78, 5) is 28.0. The van der Waals surface area contributed by atoms with E-state index in [1.807, 2.05) is 6.92 Å². The van der Waals surface area contributed by atoms with Crippen LogP contribution in [0.4, 0.5) is 9.52 Å². The summed E-state index contributed by atoms with van der Waals surface area (Å²) in [6.45, 7) is 1.92. The van der Waals surface area contributed by atoms with Crippen molar-refractivity contribution in [3.05, 3.63) is 80.4 Å². The fourth-order valence-corrected chi connectivity index (χ4v) is 4.44. The van der Waals surface area contributed by atoms with Crippen molar-refractivity contribution in [2.24, 2.45) is 0 Å². The van der Waals surface area contributed by atoms with Gasteiger partial charge in [-0.1, -0.05) is 30.4 Å². The van der Waals surface area contributed by atoms with Gasteiger partial charge in [0, 0.05) is 0 Å². The zero-order valence-corrected chi connectivity index (χ0v) is 16.4. The van der Waals surface area contributed by atoms with Crippen LogP contribution in [0.3, 0.4) is 0 Å². The van der Waals surface area contributed by atoms with E-state index >= 15 is 0 Å². The maximum Gasteiger partial charge on any atom is 0.297 e. The molecule has 3 heterocycles. The Balaban J connectivity index is 1.82. The van der Waals surface area contributed by atoms with Crippen molar-refractivity contribution in [3.63, 3.8) is 0 Å². The molecule has 0 bridgehead atoms. The molecule has 1 N–H and O–H groups in total. The average Bonchev–Trinajstić information content (AvgIpc) is 3.31. The third-order valence-corrected chi connectivity index (χ3v) is 6.05. The first-order chi connectivity index (χ1) is 14.5. The van der Waals surface area contributed by atoms with Gasteiger partial charge in [0.15, 0.2) is 5.43 Å². The number of nitrogens with zero attached hydrogens (tertiary/aromatic N) is 3. The van der Waals surface area contributed by atoms with Gasteiger partial charge in [0.1, 0.15) is 22.2 Å². The third kappa shape index (κ3) is 2.70. The highest BCUT2D eigenvalue weighted by atomic mass is 32.1. The average molecular weight is 423 g/mol. The van der Waals surface area contributed by atoms with Crippen molar-refractivity contribution < 1.29 is 18.7 Å². The minimum atomic E-state index is -0.888. The number of halogens is 1. The lowest BCUT2D eigenvalue weighted by Gasteiger charge is -2.22. The molecule has 1 atom stereocenters. The number of fused-ring (bicyclic) bond motifs is 2. The van der Waals surface area contributed by atoms with E-state index in [1.165, 1.54) is 40.5 Å². The van der Waals surface area contributed by atoms with E-state index in [2.05, 4.69) is 10.2 Å². The number of amides is 1. The molecule has 1 aliphatic rings. The van der Waals surface area contributed by atoms with E-state index in [9.17, 15) is 19.1 Å². The van der Waals surface area contributed by atoms with Gasteiger partial charge in [-0.15, -0.1) is 10.2 Å². The highest BCUT2D eigenvalue weighted by Gasteiger charge is 2.45. The maximum atomic E-state index is 13.8. The molecule has 1 unspecified atom stereocenters. The van der Waals surface area contributed by atoms with Crippen LogP contribution in [-0.2, 0) is 6.42 Å². The Hall–Kier alpha value is -3.59.